The van der Waals surface area contributed by atoms with Crippen LogP contribution in [-0.4, -0.2) is 55.1 Å². The average Bonchev–Trinajstić information content (AvgIpc) is 2.78. The molecule has 0 radical (unpaired) electrons. The Labute approximate surface area is 215 Å². The molecule has 0 unspecified atom stereocenters. The predicted octanol–water partition coefficient (Wildman–Crippen LogP) is 4.83. The van der Waals surface area contributed by atoms with Crippen LogP contribution in [0.3, 0.4) is 0 Å². The molecule has 1 fully saturated rings. The maximum atomic E-state index is 13.8. The van der Waals surface area contributed by atoms with Gasteiger partial charge in [-0.15, -0.1) is 0 Å². The van der Waals surface area contributed by atoms with Gasteiger partial charge < -0.3 is 15.4 Å². The molecule has 1 aliphatic carbocycles. The summed E-state index contributed by atoms with van der Waals surface area (Å²) in [6, 6.07) is 4.33. The Morgan fingerprint density at radius 3 is 2.51 bits per heavy atom. The van der Waals surface area contributed by atoms with E-state index in [2.05, 4.69) is 20.6 Å². The third kappa shape index (κ3) is 7.78. The number of aromatic nitrogens is 2. The Bertz CT molecular complexity index is 1210. The highest BCUT2D eigenvalue weighted by molar-refractivity contribution is 7.88. The van der Waals surface area contributed by atoms with Crippen LogP contribution in [0.25, 0.3) is 0 Å². The molecule has 9 nitrogen and oxygen atoms in total. The third-order valence-electron chi connectivity index (χ3n) is 6.26. The van der Waals surface area contributed by atoms with Crippen molar-refractivity contribution < 1.29 is 31.1 Å². The average molecular weight is 546 g/mol. The summed E-state index contributed by atoms with van der Waals surface area (Å²) in [6.45, 7) is 1.36. The van der Waals surface area contributed by atoms with Gasteiger partial charge in [-0.25, -0.2) is 22.7 Å². The van der Waals surface area contributed by atoms with Crippen LogP contribution < -0.4 is 15.4 Å². The number of rotatable bonds is 8. The molecule has 0 bridgehead atoms. The van der Waals surface area contributed by atoms with Crippen LogP contribution in [0.15, 0.2) is 24.4 Å². The monoisotopic (exact) mass is 545 g/mol. The van der Waals surface area contributed by atoms with Crippen LogP contribution in [0, 0.1) is 5.92 Å². The van der Waals surface area contributed by atoms with Crippen molar-refractivity contribution >= 4 is 33.3 Å². The lowest BCUT2D eigenvalue weighted by Gasteiger charge is -2.37. The van der Waals surface area contributed by atoms with Crippen molar-refractivity contribution in [2.75, 3.05) is 31.0 Å². The van der Waals surface area contributed by atoms with E-state index in [1.54, 1.807) is 18.2 Å². The van der Waals surface area contributed by atoms with Crippen molar-refractivity contribution in [1.29, 1.82) is 0 Å². The molecule has 37 heavy (non-hydrogen) atoms. The van der Waals surface area contributed by atoms with E-state index in [1.165, 1.54) is 25.4 Å². The van der Waals surface area contributed by atoms with Gasteiger partial charge in [-0.3, -0.25) is 4.79 Å². The Morgan fingerprint density at radius 1 is 1.24 bits per heavy atom. The molecule has 206 valence electrons. The summed E-state index contributed by atoms with van der Waals surface area (Å²) in [5.41, 5.74) is -0.276. The van der Waals surface area contributed by atoms with E-state index in [1.807, 2.05) is 0 Å². The first-order valence-corrected chi connectivity index (χ1v) is 13.2. The Morgan fingerprint density at radius 2 is 1.92 bits per heavy atom. The number of benzene rings is 1. The molecule has 0 aliphatic heterocycles. The SMILES string of the molecule is C.COc1cc(NC(C)=O)ccc1Nc1ncc(C(F)(F)F)c(C[C@@H]2CCCC[C@H]2N(C)S(C)(=O)=O)n1. The molecule has 13 heteroatoms. The number of sulfonamides is 1. The minimum Gasteiger partial charge on any atom is -0.494 e. The van der Waals surface area contributed by atoms with Crippen LogP contribution in [0.5, 0.6) is 5.75 Å². The van der Waals surface area contributed by atoms with E-state index >= 15 is 0 Å². The summed E-state index contributed by atoms with van der Waals surface area (Å²) in [5, 5.41) is 5.51. The molecule has 0 spiro atoms. The first-order chi connectivity index (χ1) is 16.8. The van der Waals surface area contributed by atoms with E-state index in [-0.39, 0.29) is 37.3 Å². The fourth-order valence-electron chi connectivity index (χ4n) is 4.46. The Balaban J connectivity index is 0.00000481. The number of nitrogens with one attached hydrogen (secondary N) is 2. The second-order valence-corrected chi connectivity index (χ2v) is 10.9. The van der Waals surface area contributed by atoms with Crippen molar-refractivity contribution in [3.8, 4) is 5.75 Å². The lowest BCUT2D eigenvalue weighted by atomic mass is 9.81. The largest absolute Gasteiger partial charge is 0.494 e. The van der Waals surface area contributed by atoms with E-state index in [4.69, 9.17) is 4.74 Å². The van der Waals surface area contributed by atoms with Gasteiger partial charge in [-0.1, -0.05) is 20.3 Å². The maximum absolute atomic E-state index is 13.8. The van der Waals surface area contributed by atoms with E-state index in [0.717, 1.165) is 25.3 Å². The summed E-state index contributed by atoms with van der Waals surface area (Å²) < 4.78 is 72.3. The number of halogens is 3. The fourth-order valence-corrected chi connectivity index (χ4v) is 5.23. The van der Waals surface area contributed by atoms with Crippen molar-refractivity contribution in [3.05, 3.63) is 35.7 Å². The number of methoxy groups -OCH3 is 1. The number of nitrogens with zero attached hydrogens (tertiary/aromatic N) is 3. The van der Waals surface area contributed by atoms with Gasteiger partial charge in [0.2, 0.25) is 21.9 Å². The lowest BCUT2D eigenvalue weighted by molar-refractivity contribution is -0.138. The zero-order valence-electron chi connectivity index (χ0n) is 20.5. The normalized spacial score (nSPS) is 18.2. The number of anilines is 3. The van der Waals surface area contributed by atoms with E-state index in [9.17, 15) is 26.4 Å². The number of hydrogen-bond donors (Lipinski definition) is 2. The number of hydrogen-bond acceptors (Lipinski definition) is 7. The molecule has 1 aromatic carbocycles. The standard InChI is InChI=1S/C23H30F3N5O4S.CH4/c1-14(32)28-16-9-10-18(21(12-16)35-3)29-22-27-13-17(23(24,25)26)19(30-22)11-15-7-5-6-8-20(15)31(2)36(4,33)34;/h9-10,12-13,15,20H,5-8,11H2,1-4H3,(H,28,32)(H,27,29,30);1H4/t15-,20+;/m0./s1. The van der Waals surface area contributed by atoms with Gasteiger partial charge in [-0.2, -0.15) is 13.2 Å². The van der Waals surface area contributed by atoms with Crippen LogP contribution >= 0.6 is 0 Å². The first-order valence-electron chi connectivity index (χ1n) is 11.4. The Hall–Kier alpha value is -2.93. The van der Waals surface area contributed by atoms with Gasteiger partial charge >= 0.3 is 6.18 Å². The van der Waals surface area contributed by atoms with Gasteiger partial charge in [0, 0.05) is 38.0 Å². The molecule has 2 N–H and O–H groups in total. The zero-order valence-corrected chi connectivity index (χ0v) is 21.3. The molecule has 1 aliphatic rings. The van der Waals surface area contributed by atoms with Gasteiger partial charge in [0.15, 0.2) is 0 Å². The molecule has 1 saturated carbocycles. The molecular weight excluding hydrogens is 511 g/mol. The number of amides is 1. The summed E-state index contributed by atoms with van der Waals surface area (Å²) in [5.74, 6) is -0.328. The topological polar surface area (TPSA) is 114 Å². The highest BCUT2D eigenvalue weighted by atomic mass is 32.2. The smallest absolute Gasteiger partial charge is 0.419 e. The molecular formula is C24H34F3N5O4S. The van der Waals surface area contributed by atoms with Gasteiger partial charge in [-0.05, 0) is 37.3 Å². The maximum Gasteiger partial charge on any atom is 0.419 e. The summed E-state index contributed by atoms with van der Waals surface area (Å²) in [4.78, 5) is 19.4. The van der Waals surface area contributed by atoms with E-state index in [0.29, 0.717) is 30.0 Å². The van der Waals surface area contributed by atoms with Gasteiger partial charge in [0.05, 0.1) is 30.3 Å². The lowest BCUT2D eigenvalue weighted by Crippen LogP contribution is -2.44. The van der Waals surface area contributed by atoms with Crippen molar-refractivity contribution in [3.63, 3.8) is 0 Å². The second-order valence-electron chi connectivity index (χ2n) is 8.87. The third-order valence-corrected chi connectivity index (χ3v) is 7.57. The first kappa shape index (κ1) is 30.3. The minimum atomic E-state index is -4.67. The molecule has 2 aromatic rings. The molecule has 2 atom stereocenters. The van der Waals surface area contributed by atoms with Crippen molar-refractivity contribution in [2.45, 2.75) is 58.7 Å². The van der Waals surface area contributed by atoms with Gasteiger partial charge in [0.1, 0.15) is 5.75 Å². The molecule has 1 amide bonds. The number of alkyl halides is 3. The molecule has 0 saturated heterocycles. The highest BCUT2D eigenvalue weighted by Gasteiger charge is 2.38. The molecule has 1 heterocycles. The number of carbonyl (C=O) groups is 1. The fraction of sp³-hybridized carbons (Fsp3) is 0.542. The summed E-state index contributed by atoms with van der Waals surface area (Å²) >= 11 is 0. The summed E-state index contributed by atoms with van der Waals surface area (Å²) in [6.07, 6.45) is -0.117. The quantitative estimate of drug-likeness (QED) is 0.488. The van der Waals surface area contributed by atoms with Crippen LogP contribution in [-0.2, 0) is 27.4 Å². The van der Waals surface area contributed by atoms with Crippen LogP contribution in [0.2, 0.25) is 0 Å². The second kappa shape index (κ2) is 12.1. The van der Waals surface area contributed by atoms with Crippen molar-refractivity contribution in [2.24, 2.45) is 5.92 Å². The van der Waals surface area contributed by atoms with E-state index < -0.39 is 27.8 Å². The van der Waals surface area contributed by atoms with Gasteiger partial charge in [0.25, 0.3) is 0 Å². The molecule has 1 aromatic heterocycles. The summed E-state index contributed by atoms with van der Waals surface area (Å²) in [7, 11) is -0.628. The minimum absolute atomic E-state index is 0. The zero-order chi connectivity index (χ0) is 26.7. The Kier molecular flexibility index (Phi) is 9.89. The molecule has 3 rings (SSSR count). The van der Waals surface area contributed by atoms with Crippen molar-refractivity contribution in [1.82, 2.24) is 14.3 Å². The van der Waals surface area contributed by atoms with Crippen LogP contribution in [0.4, 0.5) is 30.5 Å². The predicted molar refractivity (Wildman–Crippen MR) is 136 cm³/mol. The highest BCUT2D eigenvalue weighted by Crippen LogP contribution is 2.37. The number of ether oxygens (including phenoxy) is 1. The van der Waals surface area contributed by atoms with Crippen LogP contribution in [0.1, 0.15) is 51.3 Å². The number of carbonyl (C=O) groups excluding carboxylic acids is 1.